The van der Waals surface area contributed by atoms with Crippen LogP contribution < -0.4 is 10.6 Å². The minimum Gasteiger partial charge on any atom is -0.444 e. The van der Waals surface area contributed by atoms with Gasteiger partial charge in [0.25, 0.3) is 0 Å². The van der Waals surface area contributed by atoms with Crippen LogP contribution in [0.4, 0.5) is 14.7 Å². The minimum atomic E-state index is -0.503. The second-order valence-corrected chi connectivity index (χ2v) is 6.83. The third kappa shape index (κ3) is 4.07. The fourth-order valence-electron chi connectivity index (χ4n) is 1.89. The molecule has 0 saturated carbocycles. The maximum atomic E-state index is 12.1. The van der Waals surface area contributed by atoms with E-state index in [0.717, 1.165) is 10.6 Å². The highest BCUT2D eigenvalue weighted by Gasteiger charge is 2.27. The molecule has 2 heterocycles. The van der Waals surface area contributed by atoms with Crippen LogP contribution in [0, 0.1) is 0 Å². The highest BCUT2D eigenvalue weighted by Crippen LogP contribution is 2.29. The molecule has 0 radical (unpaired) electrons. The molecule has 7 nitrogen and oxygen atoms in total. The predicted molar refractivity (Wildman–Crippen MR) is 80.5 cm³/mol. The number of nitrogens with one attached hydrogen (secondary N) is 2. The summed E-state index contributed by atoms with van der Waals surface area (Å²) in [4.78, 5) is 30.4. The number of aromatic nitrogens is 1. The average Bonchev–Trinajstić information content (AvgIpc) is 2.77. The third-order valence-electron chi connectivity index (χ3n) is 2.83. The van der Waals surface area contributed by atoms with Crippen LogP contribution in [0.5, 0.6) is 0 Å². The van der Waals surface area contributed by atoms with E-state index in [1.807, 2.05) is 20.8 Å². The van der Waals surface area contributed by atoms with Gasteiger partial charge in [0.1, 0.15) is 5.60 Å². The Morgan fingerprint density at radius 3 is 2.71 bits per heavy atom. The molecule has 21 heavy (non-hydrogen) atoms. The zero-order valence-electron chi connectivity index (χ0n) is 12.6. The van der Waals surface area contributed by atoms with Gasteiger partial charge in [0, 0.05) is 24.9 Å². The van der Waals surface area contributed by atoms with Crippen LogP contribution in [0.2, 0.25) is 0 Å². The Hall–Kier alpha value is -1.83. The lowest BCUT2D eigenvalue weighted by Gasteiger charge is -2.29. The number of rotatable bonds is 1. The first-order valence-corrected chi connectivity index (χ1v) is 7.55. The number of thiazole rings is 1. The Balaban J connectivity index is 2.03. The molecule has 0 atom stereocenters. The van der Waals surface area contributed by atoms with Crippen molar-refractivity contribution in [3.63, 3.8) is 0 Å². The normalized spacial score (nSPS) is 14.4. The van der Waals surface area contributed by atoms with Crippen molar-refractivity contribution in [3.8, 4) is 0 Å². The fourth-order valence-corrected chi connectivity index (χ4v) is 2.91. The summed E-state index contributed by atoms with van der Waals surface area (Å²) in [5, 5.41) is 5.68. The molecule has 0 saturated heterocycles. The van der Waals surface area contributed by atoms with E-state index in [1.165, 1.54) is 11.3 Å². The maximum Gasteiger partial charge on any atom is 0.410 e. The topological polar surface area (TPSA) is 83.6 Å². The molecule has 0 unspecified atom stereocenters. The number of hydrogen-bond acceptors (Lipinski definition) is 5. The summed E-state index contributed by atoms with van der Waals surface area (Å²) in [5.41, 5.74) is 0.433. The summed E-state index contributed by atoms with van der Waals surface area (Å²) in [7, 11) is 1.55. The van der Waals surface area contributed by atoms with E-state index >= 15 is 0 Å². The average molecular weight is 312 g/mol. The fraction of sp³-hybridized carbons (Fsp3) is 0.615. The van der Waals surface area contributed by atoms with Gasteiger partial charge in [-0.1, -0.05) is 11.3 Å². The van der Waals surface area contributed by atoms with Gasteiger partial charge in [0.15, 0.2) is 5.13 Å². The van der Waals surface area contributed by atoms with E-state index in [9.17, 15) is 9.59 Å². The van der Waals surface area contributed by atoms with Gasteiger partial charge < -0.3 is 15.0 Å². The molecule has 0 fully saturated rings. The van der Waals surface area contributed by atoms with Gasteiger partial charge >= 0.3 is 12.1 Å². The van der Waals surface area contributed by atoms with Crippen LogP contribution in [-0.2, 0) is 17.7 Å². The van der Waals surface area contributed by atoms with Gasteiger partial charge in [0.2, 0.25) is 0 Å². The zero-order chi connectivity index (χ0) is 15.6. The molecule has 116 valence electrons. The Morgan fingerprint density at radius 2 is 2.10 bits per heavy atom. The first-order chi connectivity index (χ1) is 9.78. The van der Waals surface area contributed by atoms with Gasteiger partial charge in [-0.05, 0) is 20.8 Å². The summed E-state index contributed by atoms with van der Waals surface area (Å²) >= 11 is 1.39. The largest absolute Gasteiger partial charge is 0.444 e. The number of hydrogen-bond donors (Lipinski definition) is 2. The molecule has 8 heteroatoms. The smallest absolute Gasteiger partial charge is 0.410 e. The van der Waals surface area contributed by atoms with Crippen molar-refractivity contribution in [2.24, 2.45) is 0 Å². The lowest BCUT2D eigenvalue weighted by molar-refractivity contribution is 0.0225. The van der Waals surface area contributed by atoms with Crippen LogP contribution in [0.15, 0.2) is 0 Å². The number of carbonyl (C=O) groups is 2. The van der Waals surface area contributed by atoms with Gasteiger partial charge in [0.05, 0.1) is 12.2 Å². The molecular weight excluding hydrogens is 292 g/mol. The van der Waals surface area contributed by atoms with Crippen LogP contribution in [-0.4, -0.2) is 41.2 Å². The van der Waals surface area contributed by atoms with Gasteiger partial charge in [-0.2, -0.15) is 0 Å². The van der Waals surface area contributed by atoms with Crippen molar-refractivity contribution in [2.45, 2.75) is 39.3 Å². The first kappa shape index (κ1) is 15.6. The maximum absolute atomic E-state index is 12.1. The second kappa shape index (κ2) is 5.88. The van der Waals surface area contributed by atoms with Crippen LogP contribution in [0.1, 0.15) is 31.3 Å². The van der Waals surface area contributed by atoms with Crippen molar-refractivity contribution >= 4 is 28.6 Å². The standard InChI is InChI=1S/C13H20N4O3S/c1-13(2,3)20-12(19)17-6-5-8-9(7-17)21-11(15-8)16-10(18)14-4/h5-7H2,1-4H3,(H2,14,15,16,18). The molecule has 0 bridgehead atoms. The van der Waals surface area contributed by atoms with Crippen molar-refractivity contribution in [3.05, 3.63) is 10.6 Å². The monoisotopic (exact) mass is 312 g/mol. The van der Waals surface area contributed by atoms with E-state index < -0.39 is 5.60 Å². The SMILES string of the molecule is CNC(=O)Nc1nc2c(s1)CN(C(=O)OC(C)(C)C)CC2. The quantitative estimate of drug-likeness (QED) is 0.832. The van der Waals surface area contributed by atoms with E-state index in [2.05, 4.69) is 15.6 Å². The molecular formula is C13H20N4O3S. The van der Waals surface area contributed by atoms with Crippen molar-refractivity contribution in [1.29, 1.82) is 0 Å². The van der Waals surface area contributed by atoms with Crippen LogP contribution in [0.25, 0.3) is 0 Å². The molecule has 2 N–H and O–H groups in total. The molecule has 1 aliphatic heterocycles. The van der Waals surface area contributed by atoms with Crippen LogP contribution >= 0.6 is 11.3 Å². The molecule has 0 aromatic carbocycles. The van der Waals surface area contributed by atoms with Crippen LogP contribution in [0.3, 0.4) is 0 Å². The van der Waals surface area contributed by atoms with Gasteiger partial charge in [-0.3, -0.25) is 5.32 Å². The van der Waals surface area contributed by atoms with E-state index in [1.54, 1.807) is 11.9 Å². The number of amides is 3. The number of ether oxygens (including phenoxy) is 1. The highest BCUT2D eigenvalue weighted by atomic mass is 32.1. The van der Waals surface area contributed by atoms with Crippen molar-refractivity contribution < 1.29 is 14.3 Å². The summed E-state index contributed by atoms with van der Waals surface area (Å²) in [6.45, 7) is 6.58. The van der Waals surface area contributed by atoms with Gasteiger partial charge in [-0.15, -0.1) is 0 Å². The number of anilines is 1. The third-order valence-corrected chi connectivity index (χ3v) is 3.83. The molecule has 2 rings (SSSR count). The lowest BCUT2D eigenvalue weighted by Crippen LogP contribution is -2.39. The Morgan fingerprint density at radius 1 is 1.38 bits per heavy atom. The van der Waals surface area contributed by atoms with Gasteiger partial charge in [-0.25, -0.2) is 14.6 Å². The number of nitrogens with zero attached hydrogens (tertiary/aromatic N) is 2. The molecule has 3 amide bonds. The van der Waals surface area contributed by atoms with E-state index in [0.29, 0.717) is 24.6 Å². The summed E-state index contributed by atoms with van der Waals surface area (Å²) in [6.07, 6.45) is 0.350. The number of carbonyl (C=O) groups excluding carboxylic acids is 2. The predicted octanol–water partition coefficient (Wildman–Crippen LogP) is 2.19. The van der Waals surface area contributed by atoms with E-state index in [4.69, 9.17) is 4.74 Å². The zero-order valence-corrected chi connectivity index (χ0v) is 13.5. The molecule has 1 aromatic rings. The molecule has 1 aliphatic rings. The Bertz CT molecular complexity index is 550. The van der Waals surface area contributed by atoms with Crippen molar-refractivity contribution in [2.75, 3.05) is 18.9 Å². The summed E-state index contributed by atoms with van der Waals surface area (Å²) in [6, 6.07) is -0.301. The first-order valence-electron chi connectivity index (χ1n) is 6.74. The highest BCUT2D eigenvalue weighted by molar-refractivity contribution is 7.15. The Kier molecular flexibility index (Phi) is 4.36. The minimum absolute atomic E-state index is 0.301. The number of fused-ring (bicyclic) bond motifs is 1. The summed E-state index contributed by atoms with van der Waals surface area (Å²) in [5.74, 6) is 0. The molecule has 0 aliphatic carbocycles. The second-order valence-electron chi connectivity index (χ2n) is 5.74. The molecule has 0 spiro atoms. The summed E-state index contributed by atoms with van der Waals surface area (Å²) < 4.78 is 5.37. The van der Waals surface area contributed by atoms with Crippen molar-refractivity contribution in [1.82, 2.24) is 15.2 Å². The Labute approximate surface area is 127 Å². The lowest BCUT2D eigenvalue weighted by atomic mass is 10.2. The molecule has 1 aromatic heterocycles. The van der Waals surface area contributed by atoms with E-state index in [-0.39, 0.29) is 12.1 Å². The number of urea groups is 1.